The third-order valence-corrected chi connectivity index (χ3v) is 4.54. The van der Waals surface area contributed by atoms with E-state index in [1.165, 1.54) is 43.9 Å². The molecule has 120 valence electrons. The van der Waals surface area contributed by atoms with Crippen LogP contribution in [-0.2, 0) is 4.79 Å². The van der Waals surface area contributed by atoms with Crippen LogP contribution >= 0.6 is 0 Å². The van der Waals surface area contributed by atoms with Gasteiger partial charge in [-0.1, -0.05) is 18.6 Å². The Morgan fingerprint density at radius 3 is 2.36 bits per heavy atom. The number of Topliss-reactive ketones (excluding diaryl/α,β-unsaturated/α-hetero) is 1. The van der Waals surface area contributed by atoms with Crippen molar-refractivity contribution in [2.75, 3.05) is 18.4 Å². The molecule has 0 spiro atoms. The van der Waals surface area contributed by atoms with E-state index in [1.54, 1.807) is 18.2 Å². The Morgan fingerprint density at radius 2 is 1.73 bits per heavy atom. The molecule has 4 nitrogen and oxygen atoms in total. The first-order chi connectivity index (χ1) is 10.6. The second kappa shape index (κ2) is 8.08. The van der Waals surface area contributed by atoms with E-state index in [4.69, 9.17) is 0 Å². The van der Waals surface area contributed by atoms with Gasteiger partial charge in [-0.25, -0.2) is 0 Å². The predicted octanol–water partition coefficient (Wildman–Crippen LogP) is 2.07. The number of quaternary nitrogens is 1. The Labute approximate surface area is 132 Å². The number of ketones is 1. The number of anilines is 1. The monoisotopic (exact) mass is 303 g/mol. The molecule has 2 N–H and O–H groups in total. The smallest absolute Gasteiger partial charge is 0.282 e. The summed E-state index contributed by atoms with van der Waals surface area (Å²) in [6.07, 6.45) is 6.28. The second-order valence-electron chi connectivity index (χ2n) is 6.27. The predicted molar refractivity (Wildman–Crippen MR) is 88.3 cm³/mol. The van der Waals surface area contributed by atoms with Gasteiger partial charge in [0.1, 0.15) is 0 Å². The van der Waals surface area contributed by atoms with Gasteiger partial charge in [0.2, 0.25) is 0 Å². The number of amides is 1. The molecule has 1 atom stereocenters. The molecule has 1 fully saturated rings. The van der Waals surface area contributed by atoms with Crippen LogP contribution in [0.25, 0.3) is 0 Å². The maximum absolute atomic E-state index is 12.5. The van der Waals surface area contributed by atoms with Crippen LogP contribution in [0, 0.1) is 0 Å². The molecule has 1 aliphatic rings. The van der Waals surface area contributed by atoms with Crippen LogP contribution in [0.5, 0.6) is 0 Å². The average molecular weight is 303 g/mol. The summed E-state index contributed by atoms with van der Waals surface area (Å²) in [7, 11) is 0. The quantitative estimate of drug-likeness (QED) is 0.837. The van der Waals surface area contributed by atoms with Gasteiger partial charge in [0.25, 0.3) is 5.91 Å². The first-order valence-corrected chi connectivity index (χ1v) is 8.34. The summed E-state index contributed by atoms with van der Waals surface area (Å²) in [5.74, 6) is 0.0508. The number of carbonyl (C=O) groups excluding carboxylic acids is 2. The van der Waals surface area contributed by atoms with E-state index in [0.717, 1.165) is 13.1 Å². The Hall–Kier alpha value is -1.68. The highest BCUT2D eigenvalue weighted by Gasteiger charge is 2.25. The summed E-state index contributed by atoms with van der Waals surface area (Å²) in [5, 5.41) is 2.96. The summed E-state index contributed by atoms with van der Waals surface area (Å²) in [6, 6.07) is 7.10. The number of hydrogen-bond acceptors (Lipinski definition) is 2. The standard InChI is InChI=1S/C18H26N2O2/c1-14(20-11-6-4-3-5-7-12-20)18(22)19-17-10-8-9-16(13-17)15(2)21/h8-10,13-14H,3-7,11-12H2,1-2H3,(H,19,22)/p+1/t14-/m1/s1. The molecular weight excluding hydrogens is 276 g/mol. The highest BCUT2D eigenvalue weighted by Crippen LogP contribution is 2.11. The lowest BCUT2D eigenvalue weighted by atomic mass is 10.1. The molecule has 0 aromatic heterocycles. The number of benzene rings is 1. The first kappa shape index (κ1) is 16.7. The number of rotatable bonds is 4. The van der Waals surface area contributed by atoms with Crippen LogP contribution in [0.2, 0.25) is 0 Å². The molecule has 2 rings (SSSR count). The molecule has 1 aliphatic heterocycles. The minimum Gasteiger partial charge on any atom is -0.325 e. The van der Waals surface area contributed by atoms with Crippen molar-refractivity contribution in [2.45, 2.75) is 52.0 Å². The highest BCUT2D eigenvalue weighted by atomic mass is 16.2. The Bertz CT molecular complexity index is 520. The lowest BCUT2D eigenvalue weighted by Gasteiger charge is -2.27. The topological polar surface area (TPSA) is 50.6 Å². The number of carbonyl (C=O) groups is 2. The van der Waals surface area contributed by atoms with Gasteiger partial charge in [0.15, 0.2) is 11.8 Å². The van der Waals surface area contributed by atoms with E-state index in [9.17, 15) is 9.59 Å². The Kier molecular flexibility index (Phi) is 6.13. The number of hydrogen-bond donors (Lipinski definition) is 2. The van der Waals surface area contributed by atoms with Crippen molar-refractivity contribution < 1.29 is 14.5 Å². The van der Waals surface area contributed by atoms with Crippen LogP contribution in [0.1, 0.15) is 56.3 Å². The summed E-state index contributed by atoms with van der Waals surface area (Å²) >= 11 is 0. The zero-order valence-electron chi connectivity index (χ0n) is 13.7. The maximum atomic E-state index is 12.5. The average Bonchev–Trinajstić information content (AvgIpc) is 2.46. The van der Waals surface area contributed by atoms with E-state index in [0.29, 0.717) is 11.3 Å². The van der Waals surface area contributed by atoms with E-state index < -0.39 is 0 Å². The van der Waals surface area contributed by atoms with E-state index in [1.807, 2.05) is 13.0 Å². The molecule has 1 amide bonds. The zero-order chi connectivity index (χ0) is 15.9. The lowest BCUT2D eigenvalue weighted by Crippen LogP contribution is -3.16. The summed E-state index contributed by atoms with van der Waals surface area (Å²) in [6.45, 7) is 5.68. The molecule has 0 unspecified atom stereocenters. The SMILES string of the molecule is CC(=O)c1cccc(NC(=O)[C@@H](C)[NH+]2CCCCCCC2)c1. The largest absolute Gasteiger partial charge is 0.325 e. The summed E-state index contributed by atoms with van der Waals surface area (Å²) in [4.78, 5) is 25.3. The van der Waals surface area contributed by atoms with Crippen LogP contribution in [0.4, 0.5) is 5.69 Å². The molecule has 0 aliphatic carbocycles. The minimum absolute atomic E-state index is 0.0125. The van der Waals surface area contributed by atoms with E-state index >= 15 is 0 Å². The number of nitrogens with one attached hydrogen (secondary N) is 2. The Morgan fingerprint density at radius 1 is 1.09 bits per heavy atom. The van der Waals surface area contributed by atoms with Crippen molar-refractivity contribution in [3.63, 3.8) is 0 Å². The molecule has 22 heavy (non-hydrogen) atoms. The summed E-state index contributed by atoms with van der Waals surface area (Å²) in [5.41, 5.74) is 1.33. The summed E-state index contributed by atoms with van der Waals surface area (Å²) < 4.78 is 0. The molecule has 1 aromatic rings. The van der Waals surface area contributed by atoms with Crippen molar-refractivity contribution in [3.8, 4) is 0 Å². The fraction of sp³-hybridized carbons (Fsp3) is 0.556. The van der Waals surface area contributed by atoms with Crippen molar-refractivity contribution in [1.82, 2.24) is 0 Å². The maximum Gasteiger partial charge on any atom is 0.282 e. The van der Waals surface area contributed by atoms with Crippen LogP contribution in [0.15, 0.2) is 24.3 Å². The second-order valence-corrected chi connectivity index (χ2v) is 6.27. The van der Waals surface area contributed by atoms with Gasteiger partial charge in [0.05, 0.1) is 13.1 Å². The minimum atomic E-state index is -0.0564. The molecule has 4 heteroatoms. The van der Waals surface area contributed by atoms with Crippen molar-refractivity contribution >= 4 is 17.4 Å². The highest BCUT2D eigenvalue weighted by molar-refractivity contribution is 5.97. The first-order valence-electron chi connectivity index (χ1n) is 8.34. The molecule has 0 radical (unpaired) electrons. The molecule has 1 aromatic carbocycles. The fourth-order valence-corrected chi connectivity index (χ4v) is 3.04. The third kappa shape index (κ3) is 4.67. The van der Waals surface area contributed by atoms with Crippen LogP contribution < -0.4 is 10.2 Å². The van der Waals surface area contributed by atoms with E-state index in [-0.39, 0.29) is 17.7 Å². The Balaban J connectivity index is 1.98. The van der Waals surface area contributed by atoms with Gasteiger partial charge in [-0.3, -0.25) is 9.59 Å². The number of likely N-dealkylation sites (tertiary alicyclic amines) is 1. The van der Waals surface area contributed by atoms with Crippen molar-refractivity contribution in [2.24, 2.45) is 0 Å². The van der Waals surface area contributed by atoms with Crippen molar-refractivity contribution in [3.05, 3.63) is 29.8 Å². The van der Waals surface area contributed by atoms with Crippen LogP contribution in [-0.4, -0.2) is 30.8 Å². The third-order valence-electron chi connectivity index (χ3n) is 4.54. The lowest BCUT2D eigenvalue weighted by molar-refractivity contribution is -0.914. The van der Waals surface area contributed by atoms with Gasteiger partial charge in [-0.2, -0.15) is 0 Å². The molecule has 1 saturated heterocycles. The molecule has 0 saturated carbocycles. The van der Waals surface area contributed by atoms with Gasteiger partial charge >= 0.3 is 0 Å². The normalized spacial score (nSPS) is 18.1. The van der Waals surface area contributed by atoms with Crippen LogP contribution in [0.3, 0.4) is 0 Å². The van der Waals surface area contributed by atoms with Gasteiger partial charge in [0, 0.05) is 11.3 Å². The van der Waals surface area contributed by atoms with Gasteiger partial charge < -0.3 is 10.2 Å². The van der Waals surface area contributed by atoms with E-state index in [2.05, 4.69) is 5.32 Å². The van der Waals surface area contributed by atoms with Gasteiger partial charge in [-0.15, -0.1) is 0 Å². The fourth-order valence-electron chi connectivity index (χ4n) is 3.04. The molecular formula is C18H27N2O2+. The van der Waals surface area contributed by atoms with Gasteiger partial charge in [-0.05, 0) is 51.7 Å². The molecule has 1 heterocycles. The van der Waals surface area contributed by atoms with Crippen molar-refractivity contribution in [1.29, 1.82) is 0 Å². The zero-order valence-corrected chi connectivity index (χ0v) is 13.7. The molecule has 0 bridgehead atoms.